The summed E-state index contributed by atoms with van der Waals surface area (Å²) in [5, 5.41) is 0. The maximum absolute atomic E-state index is 6.02. The molecule has 2 heterocycles. The molecule has 2 aromatic heterocycles. The summed E-state index contributed by atoms with van der Waals surface area (Å²) < 4.78 is 3.21. The molecule has 0 N–H and O–H groups in total. The van der Waals surface area contributed by atoms with Gasteiger partial charge in [0.15, 0.2) is 0 Å². The number of alkyl halides is 1. The Kier molecular flexibility index (Phi) is 3.60. The van der Waals surface area contributed by atoms with Crippen LogP contribution in [0.25, 0.3) is 11.0 Å². The first kappa shape index (κ1) is 13.1. The first-order valence-corrected chi connectivity index (χ1v) is 7.99. The third kappa shape index (κ3) is 2.42. The van der Waals surface area contributed by atoms with E-state index < -0.39 is 0 Å². The van der Waals surface area contributed by atoms with Crippen molar-refractivity contribution < 1.29 is 0 Å². The molecule has 3 rings (SSSR count). The number of aryl methyl sites for hydroxylation is 1. The molecule has 0 atom stereocenters. The van der Waals surface area contributed by atoms with Gasteiger partial charge >= 0.3 is 0 Å². The molecule has 0 fully saturated rings. The third-order valence-electron chi connectivity index (χ3n) is 3.06. The number of aromatic nitrogens is 3. The molecule has 0 bridgehead atoms. The lowest BCUT2D eigenvalue weighted by atomic mass is 10.3. The van der Waals surface area contributed by atoms with Crippen molar-refractivity contribution in [3.63, 3.8) is 0 Å². The Morgan fingerprint density at radius 2 is 2.26 bits per heavy atom. The van der Waals surface area contributed by atoms with E-state index in [-0.39, 0.29) is 0 Å². The van der Waals surface area contributed by atoms with Crippen LogP contribution < -0.4 is 0 Å². The zero-order valence-electron chi connectivity index (χ0n) is 10.2. The lowest BCUT2D eigenvalue weighted by Gasteiger charge is -2.06. The smallest absolute Gasteiger partial charge is 0.125 e. The first-order valence-electron chi connectivity index (χ1n) is 5.78. The number of imidazole rings is 1. The van der Waals surface area contributed by atoms with Crippen LogP contribution in [0.2, 0.25) is 0 Å². The lowest BCUT2D eigenvalue weighted by Crippen LogP contribution is -2.03. The molecule has 0 aliphatic rings. The van der Waals surface area contributed by atoms with Crippen molar-refractivity contribution in [3.05, 3.63) is 44.6 Å². The van der Waals surface area contributed by atoms with Crippen molar-refractivity contribution in [2.24, 2.45) is 0 Å². The Morgan fingerprint density at radius 1 is 1.42 bits per heavy atom. The summed E-state index contributed by atoms with van der Waals surface area (Å²) in [7, 11) is 0. The Hall–Kier alpha value is -0.910. The molecular weight excluding hydrogens is 346 g/mol. The van der Waals surface area contributed by atoms with Crippen molar-refractivity contribution >= 4 is 49.9 Å². The van der Waals surface area contributed by atoms with Crippen molar-refractivity contribution in [2.45, 2.75) is 19.3 Å². The van der Waals surface area contributed by atoms with E-state index in [1.807, 2.05) is 24.6 Å². The second kappa shape index (κ2) is 5.23. The second-order valence-electron chi connectivity index (χ2n) is 4.24. The van der Waals surface area contributed by atoms with Crippen molar-refractivity contribution in [2.75, 3.05) is 0 Å². The summed E-state index contributed by atoms with van der Waals surface area (Å²) in [6.07, 6.45) is 0. The fourth-order valence-corrected chi connectivity index (χ4v) is 3.36. The molecule has 0 aliphatic heterocycles. The highest BCUT2D eigenvalue weighted by Gasteiger charge is 2.12. The Bertz CT molecular complexity index is 735. The highest BCUT2D eigenvalue weighted by atomic mass is 79.9. The van der Waals surface area contributed by atoms with E-state index in [4.69, 9.17) is 11.6 Å². The average molecular weight is 357 g/mol. The standard InChI is InChI=1S/C13H11BrClN3S/c1-8-12(19-7-16-8)6-18-11-4-9(14)2-3-10(11)17-13(18)5-15/h2-4,7H,5-6H2,1H3. The molecule has 6 heteroatoms. The number of fused-ring (bicyclic) bond motifs is 1. The van der Waals surface area contributed by atoms with Gasteiger partial charge in [-0.25, -0.2) is 9.97 Å². The van der Waals surface area contributed by atoms with Crippen LogP contribution in [0.1, 0.15) is 16.4 Å². The van der Waals surface area contributed by atoms with Crippen LogP contribution in [0, 0.1) is 6.92 Å². The van der Waals surface area contributed by atoms with E-state index in [0.717, 1.165) is 33.6 Å². The molecule has 0 amide bonds. The summed E-state index contributed by atoms with van der Waals surface area (Å²) in [6, 6.07) is 6.08. The van der Waals surface area contributed by atoms with Gasteiger partial charge in [-0.15, -0.1) is 22.9 Å². The fraction of sp³-hybridized carbons (Fsp3) is 0.231. The van der Waals surface area contributed by atoms with E-state index in [1.165, 1.54) is 4.88 Å². The van der Waals surface area contributed by atoms with Gasteiger partial charge in [-0.3, -0.25) is 0 Å². The Balaban J connectivity index is 2.15. The molecule has 19 heavy (non-hydrogen) atoms. The molecule has 0 unspecified atom stereocenters. The predicted octanol–water partition coefficient (Wildman–Crippen LogP) is 4.35. The zero-order valence-corrected chi connectivity index (χ0v) is 13.4. The van der Waals surface area contributed by atoms with E-state index in [0.29, 0.717) is 5.88 Å². The molecule has 3 nitrogen and oxygen atoms in total. The van der Waals surface area contributed by atoms with Crippen LogP contribution >= 0.6 is 38.9 Å². The van der Waals surface area contributed by atoms with Crippen LogP contribution in [0.3, 0.4) is 0 Å². The van der Waals surface area contributed by atoms with Crippen LogP contribution in [0.15, 0.2) is 28.2 Å². The minimum absolute atomic E-state index is 0.407. The lowest BCUT2D eigenvalue weighted by molar-refractivity contribution is 0.783. The van der Waals surface area contributed by atoms with Gasteiger partial charge in [0.1, 0.15) is 5.82 Å². The molecule has 3 aromatic rings. The molecule has 0 radical (unpaired) electrons. The van der Waals surface area contributed by atoms with Crippen molar-refractivity contribution in [1.29, 1.82) is 0 Å². The van der Waals surface area contributed by atoms with Gasteiger partial charge in [-0.2, -0.15) is 0 Å². The average Bonchev–Trinajstić information content (AvgIpc) is 2.95. The quantitative estimate of drug-likeness (QED) is 0.653. The van der Waals surface area contributed by atoms with E-state index in [1.54, 1.807) is 11.3 Å². The minimum Gasteiger partial charge on any atom is -0.322 e. The van der Waals surface area contributed by atoms with Crippen LogP contribution in [0.4, 0.5) is 0 Å². The summed E-state index contributed by atoms with van der Waals surface area (Å²) in [5.41, 5.74) is 5.02. The topological polar surface area (TPSA) is 30.7 Å². The summed E-state index contributed by atoms with van der Waals surface area (Å²) in [5.74, 6) is 1.30. The largest absolute Gasteiger partial charge is 0.322 e. The number of hydrogen-bond acceptors (Lipinski definition) is 3. The third-order valence-corrected chi connectivity index (χ3v) is 4.71. The number of halogens is 2. The van der Waals surface area contributed by atoms with Crippen molar-refractivity contribution in [1.82, 2.24) is 14.5 Å². The molecule has 1 aromatic carbocycles. The first-order chi connectivity index (χ1) is 9.19. The van der Waals surface area contributed by atoms with Gasteiger partial charge in [0.05, 0.1) is 34.7 Å². The van der Waals surface area contributed by atoms with E-state index in [2.05, 4.69) is 36.5 Å². The predicted molar refractivity (Wildman–Crippen MR) is 82.9 cm³/mol. The zero-order chi connectivity index (χ0) is 13.4. The van der Waals surface area contributed by atoms with Gasteiger partial charge in [0, 0.05) is 9.35 Å². The van der Waals surface area contributed by atoms with Gasteiger partial charge in [-0.05, 0) is 25.1 Å². The fourth-order valence-electron chi connectivity index (χ4n) is 2.05. The van der Waals surface area contributed by atoms with Crippen LogP contribution in [0.5, 0.6) is 0 Å². The minimum atomic E-state index is 0.407. The molecule has 0 saturated carbocycles. The SMILES string of the molecule is Cc1ncsc1Cn1c(CCl)nc2ccc(Br)cc21. The van der Waals surface area contributed by atoms with Gasteiger partial charge < -0.3 is 4.57 Å². The molecule has 98 valence electrons. The Labute approximate surface area is 128 Å². The molecular formula is C13H11BrClN3S. The van der Waals surface area contributed by atoms with Crippen molar-refractivity contribution in [3.8, 4) is 0 Å². The summed E-state index contributed by atoms with van der Waals surface area (Å²) in [6.45, 7) is 2.80. The number of thiazole rings is 1. The maximum Gasteiger partial charge on any atom is 0.125 e. The monoisotopic (exact) mass is 355 g/mol. The van der Waals surface area contributed by atoms with E-state index in [9.17, 15) is 0 Å². The second-order valence-corrected chi connectivity index (χ2v) is 6.36. The number of nitrogens with zero attached hydrogens (tertiary/aromatic N) is 3. The van der Waals surface area contributed by atoms with Crippen LogP contribution in [-0.4, -0.2) is 14.5 Å². The molecule has 0 aliphatic carbocycles. The van der Waals surface area contributed by atoms with Gasteiger partial charge in [-0.1, -0.05) is 15.9 Å². The summed E-state index contributed by atoms with van der Waals surface area (Å²) in [4.78, 5) is 10.1. The van der Waals surface area contributed by atoms with E-state index >= 15 is 0 Å². The highest BCUT2D eigenvalue weighted by molar-refractivity contribution is 9.10. The highest BCUT2D eigenvalue weighted by Crippen LogP contribution is 2.24. The maximum atomic E-state index is 6.02. The van der Waals surface area contributed by atoms with Gasteiger partial charge in [0.2, 0.25) is 0 Å². The number of hydrogen-bond donors (Lipinski definition) is 0. The van der Waals surface area contributed by atoms with Gasteiger partial charge in [0.25, 0.3) is 0 Å². The number of benzene rings is 1. The normalized spacial score (nSPS) is 11.3. The van der Waals surface area contributed by atoms with Crippen LogP contribution in [-0.2, 0) is 12.4 Å². The summed E-state index contributed by atoms with van der Waals surface area (Å²) >= 11 is 11.2. The Morgan fingerprint density at radius 3 is 2.95 bits per heavy atom. The molecule has 0 spiro atoms. The number of rotatable bonds is 3. The molecule has 0 saturated heterocycles.